The van der Waals surface area contributed by atoms with Gasteiger partial charge in [-0.15, -0.1) is 0 Å². The summed E-state index contributed by atoms with van der Waals surface area (Å²) in [6.07, 6.45) is -0.696. The molecule has 3 aromatic rings. The number of nitrogens with zero attached hydrogens (tertiary/aromatic N) is 2. The summed E-state index contributed by atoms with van der Waals surface area (Å²) in [6.45, 7) is 2.03. The first-order valence-corrected chi connectivity index (χ1v) is 6.33. The molecule has 96 valence electrons. The molecular weight excluding hydrogens is 236 g/mol. The van der Waals surface area contributed by atoms with E-state index in [9.17, 15) is 5.11 Å². The summed E-state index contributed by atoms with van der Waals surface area (Å²) in [5.41, 5.74) is 3.99. The van der Waals surface area contributed by atoms with Crippen LogP contribution >= 0.6 is 0 Å². The summed E-state index contributed by atoms with van der Waals surface area (Å²) in [5.74, 6) is 0.671. The molecule has 3 heteroatoms. The molecule has 2 aromatic carbocycles. The minimum absolute atomic E-state index is 0.671. The fraction of sp³-hybridized carbons (Fsp3) is 0.188. The highest BCUT2D eigenvalue weighted by Gasteiger charge is 2.17. The lowest BCUT2D eigenvalue weighted by Gasteiger charge is -2.11. The molecule has 0 aliphatic rings. The Morgan fingerprint density at radius 3 is 2.42 bits per heavy atom. The molecule has 3 nitrogen and oxygen atoms in total. The summed E-state index contributed by atoms with van der Waals surface area (Å²) in [5, 5.41) is 10.5. The van der Waals surface area contributed by atoms with Gasteiger partial charge in [0, 0.05) is 7.05 Å². The number of benzene rings is 2. The van der Waals surface area contributed by atoms with Crippen LogP contribution in [0.4, 0.5) is 0 Å². The van der Waals surface area contributed by atoms with Crippen LogP contribution in [0.1, 0.15) is 23.1 Å². The quantitative estimate of drug-likeness (QED) is 0.761. The van der Waals surface area contributed by atoms with Crippen LogP contribution in [0, 0.1) is 6.92 Å². The molecule has 0 amide bonds. The molecule has 0 spiro atoms. The number of imidazole rings is 1. The molecule has 0 aliphatic heterocycles. The first-order valence-electron chi connectivity index (χ1n) is 6.33. The monoisotopic (exact) mass is 252 g/mol. The molecule has 1 aromatic heterocycles. The molecule has 0 aliphatic carbocycles. The molecule has 3 rings (SSSR count). The van der Waals surface area contributed by atoms with Crippen molar-refractivity contribution in [1.29, 1.82) is 0 Å². The van der Waals surface area contributed by atoms with Crippen LogP contribution in [0.5, 0.6) is 0 Å². The number of rotatable bonds is 2. The number of aromatic nitrogens is 2. The largest absolute Gasteiger partial charge is 0.380 e. The van der Waals surface area contributed by atoms with Crippen molar-refractivity contribution in [1.82, 2.24) is 9.55 Å². The number of aryl methyl sites for hydroxylation is 2. The van der Waals surface area contributed by atoms with E-state index in [2.05, 4.69) is 4.98 Å². The molecule has 0 saturated carbocycles. The van der Waals surface area contributed by atoms with Crippen LogP contribution in [0.25, 0.3) is 11.0 Å². The van der Waals surface area contributed by atoms with Gasteiger partial charge in [-0.2, -0.15) is 0 Å². The van der Waals surface area contributed by atoms with Gasteiger partial charge in [-0.25, -0.2) is 4.98 Å². The first kappa shape index (κ1) is 11.9. The normalized spacial score (nSPS) is 12.8. The van der Waals surface area contributed by atoms with Crippen molar-refractivity contribution in [2.24, 2.45) is 7.05 Å². The van der Waals surface area contributed by atoms with Crippen molar-refractivity contribution in [2.75, 3.05) is 0 Å². The van der Waals surface area contributed by atoms with Gasteiger partial charge in [0.05, 0.1) is 11.0 Å². The lowest BCUT2D eigenvalue weighted by molar-refractivity contribution is 0.207. The summed E-state index contributed by atoms with van der Waals surface area (Å²) < 4.78 is 1.94. The number of hydrogen-bond acceptors (Lipinski definition) is 2. The van der Waals surface area contributed by atoms with Gasteiger partial charge >= 0.3 is 0 Å². The maximum atomic E-state index is 10.5. The smallest absolute Gasteiger partial charge is 0.143 e. The minimum atomic E-state index is -0.696. The van der Waals surface area contributed by atoms with Crippen molar-refractivity contribution in [2.45, 2.75) is 13.0 Å². The predicted molar refractivity (Wildman–Crippen MR) is 76.0 cm³/mol. The Morgan fingerprint density at radius 2 is 1.74 bits per heavy atom. The maximum Gasteiger partial charge on any atom is 0.143 e. The average molecular weight is 252 g/mol. The molecular formula is C16H16N2O. The Hall–Kier alpha value is -2.13. The Balaban J connectivity index is 2.08. The first-order chi connectivity index (χ1) is 9.16. The van der Waals surface area contributed by atoms with Crippen LogP contribution in [-0.4, -0.2) is 14.7 Å². The molecule has 0 saturated heterocycles. The predicted octanol–water partition coefficient (Wildman–Crippen LogP) is 2.96. The van der Waals surface area contributed by atoms with Crippen molar-refractivity contribution >= 4 is 11.0 Å². The zero-order valence-corrected chi connectivity index (χ0v) is 11.0. The van der Waals surface area contributed by atoms with Gasteiger partial charge in [0.15, 0.2) is 0 Å². The molecule has 0 radical (unpaired) electrons. The van der Waals surface area contributed by atoms with Gasteiger partial charge in [0.25, 0.3) is 0 Å². The minimum Gasteiger partial charge on any atom is -0.380 e. The van der Waals surface area contributed by atoms with Crippen LogP contribution < -0.4 is 0 Å². The number of para-hydroxylation sites is 2. The van der Waals surface area contributed by atoms with Gasteiger partial charge < -0.3 is 9.67 Å². The van der Waals surface area contributed by atoms with E-state index in [1.807, 2.05) is 67.1 Å². The Kier molecular flexibility index (Phi) is 2.84. The second-order valence-electron chi connectivity index (χ2n) is 4.83. The molecule has 1 heterocycles. The Bertz CT molecular complexity index is 713. The summed E-state index contributed by atoms with van der Waals surface area (Å²) in [7, 11) is 1.93. The SMILES string of the molecule is Cc1ccc([C@@H](O)c2nc3ccccc3n2C)cc1. The molecule has 1 atom stereocenters. The highest BCUT2D eigenvalue weighted by Crippen LogP contribution is 2.24. The van der Waals surface area contributed by atoms with E-state index in [1.54, 1.807) is 0 Å². The fourth-order valence-electron chi connectivity index (χ4n) is 2.31. The second-order valence-corrected chi connectivity index (χ2v) is 4.83. The van der Waals surface area contributed by atoms with E-state index in [-0.39, 0.29) is 0 Å². The third-order valence-corrected chi connectivity index (χ3v) is 3.46. The zero-order chi connectivity index (χ0) is 13.4. The van der Waals surface area contributed by atoms with Gasteiger partial charge in [-0.05, 0) is 24.6 Å². The van der Waals surface area contributed by atoms with Crippen LogP contribution in [0.3, 0.4) is 0 Å². The van der Waals surface area contributed by atoms with Gasteiger partial charge in [-0.1, -0.05) is 42.0 Å². The summed E-state index contributed by atoms with van der Waals surface area (Å²) >= 11 is 0. The van der Waals surface area contributed by atoms with Crippen molar-refractivity contribution in [3.63, 3.8) is 0 Å². The van der Waals surface area contributed by atoms with Crippen molar-refractivity contribution in [3.05, 3.63) is 65.5 Å². The maximum absolute atomic E-state index is 10.5. The fourth-order valence-corrected chi connectivity index (χ4v) is 2.31. The number of hydrogen-bond donors (Lipinski definition) is 1. The highest BCUT2D eigenvalue weighted by molar-refractivity contribution is 5.75. The van der Waals surface area contributed by atoms with E-state index < -0.39 is 6.10 Å². The Morgan fingerprint density at radius 1 is 1.05 bits per heavy atom. The van der Waals surface area contributed by atoms with E-state index in [4.69, 9.17) is 0 Å². The average Bonchev–Trinajstić information content (AvgIpc) is 2.77. The van der Waals surface area contributed by atoms with Crippen LogP contribution in [0.2, 0.25) is 0 Å². The van der Waals surface area contributed by atoms with Gasteiger partial charge in [0.2, 0.25) is 0 Å². The zero-order valence-electron chi connectivity index (χ0n) is 11.0. The molecule has 0 fully saturated rings. The second kappa shape index (κ2) is 4.52. The third-order valence-electron chi connectivity index (χ3n) is 3.46. The van der Waals surface area contributed by atoms with Crippen LogP contribution in [-0.2, 0) is 7.05 Å². The molecule has 1 N–H and O–H groups in total. The van der Waals surface area contributed by atoms with Gasteiger partial charge in [-0.3, -0.25) is 0 Å². The molecule has 19 heavy (non-hydrogen) atoms. The summed E-state index contributed by atoms with van der Waals surface area (Å²) in [6, 6.07) is 15.8. The van der Waals surface area contributed by atoms with Crippen molar-refractivity contribution < 1.29 is 5.11 Å². The van der Waals surface area contributed by atoms with E-state index >= 15 is 0 Å². The topological polar surface area (TPSA) is 38.1 Å². The van der Waals surface area contributed by atoms with Crippen molar-refractivity contribution in [3.8, 4) is 0 Å². The number of aliphatic hydroxyl groups excluding tert-OH is 1. The lowest BCUT2D eigenvalue weighted by Crippen LogP contribution is -2.07. The van der Waals surface area contributed by atoms with Gasteiger partial charge in [0.1, 0.15) is 11.9 Å². The summed E-state index contributed by atoms with van der Waals surface area (Å²) in [4.78, 5) is 4.52. The molecule has 0 unspecified atom stereocenters. The highest BCUT2D eigenvalue weighted by atomic mass is 16.3. The Labute approximate surface area is 112 Å². The standard InChI is InChI=1S/C16H16N2O/c1-11-7-9-12(10-8-11)15(19)16-17-13-5-3-4-6-14(13)18(16)2/h3-10,15,19H,1-2H3/t15-/m1/s1. The third kappa shape index (κ3) is 2.02. The lowest BCUT2D eigenvalue weighted by atomic mass is 10.1. The van der Waals surface area contributed by atoms with Crippen LogP contribution in [0.15, 0.2) is 48.5 Å². The molecule has 0 bridgehead atoms. The van der Waals surface area contributed by atoms with E-state index in [0.29, 0.717) is 5.82 Å². The number of aliphatic hydroxyl groups is 1. The van der Waals surface area contributed by atoms with E-state index in [0.717, 1.165) is 16.6 Å². The van der Waals surface area contributed by atoms with E-state index in [1.165, 1.54) is 5.56 Å². The number of fused-ring (bicyclic) bond motifs is 1.